The normalized spacial score (nSPS) is 22.0. The average molecular weight is 301 g/mol. The lowest BCUT2D eigenvalue weighted by Gasteiger charge is -2.21. The third-order valence-corrected chi connectivity index (χ3v) is 3.64. The van der Waals surface area contributed by atoms with Gasteiger partial charge in [0.2, 0.25) is 0 Å². The van der Waals surface area contributed by atoms with Crippen molar-refractivity contribution in [3.05, 3.63) is 27.5 Å². The number of pyridine rings is 1. The van der Waals surface area contributed by atoms with E-state index >= 15 is 0 Å². The molecule has 0 saturated heterocycles. The summed E-state index contributed by atoms with van der Waals surface area (Å²) in [5, 5.41) is 3.92. The number of hydrogen-bond acceptors (Lipinski definition) is 3. The number of halogens is 2. The topological polar surface area (TPSA) is 37.3 Å². The Balaban J connectivity index is 1.99. The number of aromatic nitrogens is 1. The number of aliphatic imine (C=N–C) groups is 1. The molecule has 2 aliphatic rings. The van der Waals surface area contributed by atoms with Crippen molar-refractivity contribution in [1.29, 1.82) is 0 Å². The van der Waals surface area contributed by atoms with Crippen LogP contribution >= 0.6 is 27.5 Å². The minimum Gasteiger partial charge on any atom is -0.309 e. The second-order valence-electron chi connectivity index (χ2n) is 4.39. The highest BCUT2D eigenvalue weighted by molar-refractivity contribution is 9.10. The summed E-state index contributed by atoms with van der Waals surface area (Å²) >= 11 is 9.29. The zero-order chi connectivity index (χ0) is 11.2. The lowest BCUT2D eigenvalue weighted by atomic mass is 10.1. The molecule has 5 heteroatoms. The van der Waals surface area contributed by atoms with Crippen LogP contribution in [0.4, 0.5) is 0 Å². The van der Waals surface area contributed by atoms with E-state index in [1.807, 2.05) is 12.1 Å². The van der Waals surface area contributed by atoms with Crippen LogP contribution in [0.2, 0.25) is 5.15 Å². The summed E-state index contributed by atoms with van der Waals surface area (Å²) in [5.41, 5.74) is 2.34. The first kappa shape index (κ1) is 10.7. The first-order valence-corrected chi connectivity index (χ1v) is 6.47. The zero-order valence-corrected chi connectivity index (χ0v) is 11.0. The number of nitrogens with zero attached hydrogens (tertiary/aromatic N) is 2. The van der Waals surface area contributed by atoms with Crippen molar-refractivity contribution in [2.75, 3.05) is 13.1 Å². The summed E-state index contributed by atoms with van der Waals surface area (Å²) in [7, 11) is 0. The van der Waals surface area contributed by atoms with Crippen LogP contribution in [0, 0.1) is 0 Å². The van der Waals surface area contributed by atoms with E-state index in [-0.39, 0.29) is 5.54 Å². The quantitative estimate of drug-likeness (QED) is 0.809. The molecular weight excluding hydrogens is 289 g/mol. The summed E-state index contributed by atoms with van der Waals surface area (Å²) in [6.07, 6.45) is 2.40. The van der Waals surface area contributed by atoms with Gasteiger partial charge in [0.25, 0.3) is 0 Å². The molecule has 16 heavy (non-hydrogen) atoms. The predicted molar refractivity (Wildman–Crippen MR) is 68.3 cm³/mol. The molecule has 0 bridgehead atoms. The fourth-order valence-corrected chi connectivity index (χ4v) is 2.76. The monoisotopic (exact) mass is 299 g/mol. The van der Waals surface area contributed by atoms with Crippen molar-refractivity contribution in [3.8, 4) is 0 Å². The maximum Gasteiger partial charge on any atom is 0.131 e. The molecule has 1 aliphatic heterocycles. The summed E-state index contributed by atoms with van der Waals surface area (Å²) in [4.78, 5) is 8.91. The standard InChI is InChI=1S/C11H11BrClN3/c12-9-3-7(4-10(13)15-9)8-5-14-6-11(16-8)1-2-11/h3-4,14H,1-2,5-6H2. The second-order valence-corrected chi connectivity index (χ2v) is 5.59. The molecule has 1 saturated carbocycles. The van der Waals surface area contributed by atoms with Crippen LogP contribution in [-0.2, 0) is 0 Å². The summed E-state index contributed by atoms with van der Waals surface area (Å²) < 4.78 is 0.758. The fourth-order valence-electron chi connectivity index (χ4n) is 2.01. The molecule has 0 radical (unpaired) electrons. The lowest BCUT2D eigenvalue weighted by Crippen LogP contribution is -2.38. The number of nitrogens with one attached hydrogen (secondary N) is 1. The van der Waals surface area contributed by atoms with Gasteiger partial charge in [-0.25, -0.2) is 4.98 Å². The highest BCUT2D eigenvalue weighted by Gasteiger charge is 2.44. The van der Waals surface area contributed by atoms with Gasteiger partial charge in [0.15, 0.2) is 0 Å². The molecule has 1 fully saturated rings. The second kappa shape index (κ2) is 3.79. The van der Waals surface area contributed by atoms with Crippen LogP contribution in [0.1, 0.15) is 18.4 Å². The van der Waals surface area contributed by atoms with Gasteiger partial charge < -0.3 is 5.32 Å². The van der Waals surface area contributed by atoms with Crippen molar-refractivity contribution in [3.63, 3.8) is 0 Å². The largest absolute Gasteiger partial charge is 0.309 e. The molecule has 3 nitrogen and oxygen atoms in total. The van der Waals surface area contributed by atoms with Crippen LogP contribution in [0.25, 0.3) is 0 Å². The highest BCUT2D eigenvalue weighted by Crippen LogP contribution is 2.40. The van der Waals surface area contributed by atoms with Gasteiger partial charge in [0.05, 0.1) is 11.3 Å². The maximum atomic E-state index is 5.94. The molecule has 1 spiro atoms. The van der Waals surface area contributed by atoms with Crippen LogP contribution in [0.15, 0.2) is 21.7 Å². The predicted octanol–water partition coefficient (Wildman–Crippen LogP) is 2.42. The molecule has 2 heterocycles. The zero-order valence-electron chi connectivity index (χ0n) is 8.63. The van der Waals surface area contributed by atoms with Gasteiger partial charge in [-0.3, -0.25) is 4.99 Å². The Labute approximate surface area is 107 Å². The summed E-state index contributed by atoms with van der Waals surface area (Å²) in [6.45, 7) is 1.82. The molecule has 0 aromatic carbocycles. The van der Waals surface area contributed by atoms with Crippen molar-refractivity contribution < 1.29 is 0 Å². The minimum atomic E-state index is 0.190. The van der Waals surface area contributed by atoms with Crippen LogP contribution < -0.4 is 5.32 Å². The van der Waals surface area contributed by atoms with E-state index < -0.39 is 0 Å². The maximum absolute atomic E-state index is 5.94. The average Bonchev–Trinajstić information content (AvgIpc) is 2.96. The van der Waals surface area contributed by atoms with Gasteiger partial charge in [-0.1, -0.05) is 11.6 Å². The van der Waals surface area contributed by atoms with Gasteiger partial charge in [-0.2, -0.15) is 0 Å². The Morgan fingerprint density at radius 2 is 2.19 bits per heavy atom. The molecular formula is C11H11BrClN3. The summed E-state index contributed by atoms with van der Waals surface area (Å²) in [6, 6.07) is 3.84. The van der Waals surface area contributed by atoms with Crippen LogP contribution in [0.5, 0.6) is 0 Å². The van der Waals surface area contributed by atoms with Gasteiger partial charge in [0.1, 0.15) is 9.76 Å². The van der Waals surface area contributed by atoms with Crippen molar-refractivity contribution in [2.45, 2.75) is 18.4 Å². The number of hydrogen-bond donors (Lipinski definition) is 1. The first-order chi connectivity index (χ1) is 7.67. The van der Waals surface area contributed by atoms with Crippen molar-refractivity contribution in [1.82, 2.24) is 10.3 Å². The summed E-state index contributed by atoms with van der Waals surface area (Å²) in [5.74, 6) is 0. The lowest BCUT2D eigenvalue weighted by molar-refractivity contribution is 0.577. The molecule has 1 N–H and O–H groups in total. The van der Waals surface area contributed by atoms with Crippen LogP contribution in [-0.4, -0.2) is 29.3 Å². The Morgan fingerprint density at radius 1 is 1.38 bits per heavy atom. The molecule has 1 aliphatic carbocycles. The molecule has 1 aromatic heterocycles. The Hall–Kier alpha value is -0.450. The van der Waals surface area contributed by atoms with Crippen LogP contribution in [0.3, 0.4) is 0 Å². The molecule has 84 valence electrons. The first-order valence-electron chi connectivity index (χ1n) is 5.30. The van der Waals surface area contributed by atoms with E-state index in [1.54, 1.807) is 0 Å². The van der Waals surface area contributed by atoms with E-state index in [4.69, 9.17) is 16.6 Å². The molecule has 0 atom stereocenters. The molecule has 0 unspecified atom stereocenters. The smallest absolute Gasteiger partial charge is 0.131 e. The fraction of sp³-hybridized carbons (Fsp3) is 0.455. The SMILES string of the molecule is Clc1cc(C2=NC3(CC3)CNC2)cc(Br)n1. The third-order valence-electron chi connectivity index (χ3n) is 3.04. The van der Waals surface area contributed by atoms with Gasteiger partial charge in [0, 0.05) is 18.7 Å². The minimum absolute atomic E-state index is 0.190. The van der Waals surface area contributed by atoms with Crippen molar-refractivity contribution >= 4 is 33.2 Å². The molecule has 1 aromatic rings. The van der Waals surface area contributed by atoms with Gasteiger partial charge in [-0.05, 0) is 40.9 Å². The van der Waals surface area contributed by atoms with E-state index in [0.29, 0.717) is 5.15 Å². The van der Waals surface area contributed by atoms with Gasteiger partial charge >= 0.3 is 0 Å². The Morgan fingerprint density at radius 3 is 2.88 bits per heavy atom. The molecule has 0 amide bonds. The van der Waals surface area contributed by atoms with E-state index in [2.05, 4.69) is 26.2 Å². The third kappa shape index (κ3) is 2.01. The Kier molecular flexibility index (Phi) is 2.53. The molecule has 3 rings (SSSR count). The van der Waals surface area contributed by atoms with Crippen molar-refractivity contribution in [2.24, 2.45) is 4.99 Å². The Bertz CT molecular complexity index is 448. The van der Waals surface area contributed by atoms with E-state index in [1.165, 1.54) is 12.8 Å². The highest BCUT2D eigenvalue weighted by atomic mass is 79.9. The van der Waals surface area contributed by atoms with E-state index in [9.17, 15) is 0 Å². The van der Waals surface area contributed by atoms with Gasteiger partial charge in [-0.15, -0.1) is 0 Å². The van der Waals surface area contributed by atoms with E-state index in [0.717, 1.165) is 29.0 Å². The number of rotatable bonds is 1.